The molecule has 0 saturated heterocycles. The predicted octanol–water partition coefficient (Wildman–Crippen LogP) is 0.634. The van der Waals surface area contributed by atoms with Gasteiger partial charge in [-0.2, -0.15) is 5.10 Å². The highest BCUT2D eigenvalue weighted by Crippen LogP contribution is 2.21. The van der Waals surface area contributed by atoms with Crippen molar-refractivity contribution in [3.05, 3.63) is 46.5 Å². The van der Waals surface area contributed by atoms with Gasteiger partial charge in [0.15, 0.2) is 0 Å². The molecule has 0 amide bonds. The van der Waals surface area contributed by atoms with Crippen LogP contribution < -0.4 is 5.73 Å². The number of nitrogens with zero attached hydrogens (tertiary/aromatic N) is 4. The molecule has 7 heteroatoms. The van der Waals surface area contributed by atoms with Crippen molar-refractivity contribution in [3.63, 3.8) is 0 Å². The molecular formula is C9H9N5O2. The van der Waals surface area contributed by atoms with Gasteiger partial charge in [0.2, 0.25) is 0 Å². The van der Waals surface area contributed by atoms with Crippen LogP contribution in [-0.2, 0) is 6.54 Å². The number of nitrogens with two attached hydrogens (primary N) is 1. The predicted molar refractivity (Wildman–Crippen MR) is 55.9 cm³/mol. The molecule has 0 radical (unpaired) electrons. The minimum absolute atomic E-state index is 0.0253. The molecule has 7 nitrogen and oxygen atoms in total. The van der Waals surface area contributed by atoms with Gasteiger partial charge in [0.05, 0.1) is 11.5 Å². The van der Waals surface area contributed by atoms with Crippen molar-refractivity contribution >= 4 is 5.69 Å². The van der Waals surface area contributed by atoms with Crippen LogP contribution in [0.1, 0.15) is 5.82 Å². The monoisotopic (exact) mass is 219 g/mol. The molecule has 0 atom stereocenters. The Labute approximate surface area is 90.7 Å². The Bertz CT molecular complexity index is 522. The average Bonchev–Trinajstić information content (AvgIpc) is 2.76. The van der Waals surface area contributed by atoms with E-state index in [1.165, 1.54) is 17.1 Å². The van der Waals surface area contributed by atoms with Crippen LogP contribution in [0.4, 0.5) is 5.69 Å². The molecule has 1 aromatic carbocycles. The van der Waals surface area contributed by atoms with Gasteiger partial charge in [0.25, 0.3) is 5.69 Å². The summed E-state index contributed by atoms with van der Waals surface area (Å²) in [5, 5.41) is 14.8. The van der Waals surface area contributed by atoms with E-state index in [1.54, 1.807) is 18.2 Å². The molecule has 0 bridgehead atoms. The first-order valence-corrected chi connectivity index (χ1v) is 4.57. The van der Waals surface area contributed by atoms with Crippen molar-refractivity contribution in [2.24, 2.45) is 5.73 Å². The van der Waals surface area contributed by atoms with Crippen molar-refractivity contribution < 1.29 is 4.92 Å². The van der Waals surface area contributed by atoms with Gasteiger partial charge in [-0.05, 0) is 6.07 Å². The Morgan fingerprint density at radius 3 is 2.88 bits per heavy atom. The maximum atomic E-state index is 10.8. The molecule has 0 spiro atoms. The molecule has 0 aliphatic rings. The fourth-order valence-corrected chi connectivity index (χ4v) is 1.40. The van der Waals surface area contributed by atoms with E-state index in [-0.39, 0.29) is 12.2 Å². The molecule has 1 heterocycles. The Morgan fingerprint density at radius 2 is 2.19 bits per heavy atom. The van der Waals surface area contributed by atoms with Gasteiger partial charge in [0.1, 0.15) is 17.8 Å². The quantitative estimate of drug-likeness (QED) is 0.602. The van der Waals surface area contributed by atoms with Crippen LogP contribution in [0.15, 0.2) is 30.6 Å². The largest absolute Gasteiger partial charge is 0.324 e. The minimum atomic E-state index is -0.461. The highest BCUT2D eigenvalue weighted by Gasteiger charge is 2.16. The lowest BCUT2D eigenvalue weighted by atomic mass is 10.2. The lowest BCUT2D eigenvalue weighted by molar-refractivity contribution is -0.384. The van der Waals surface area contributed by atoms with Gasteiger partial charge in [-0.1, -0.05) is 12.1 Å². The average molecular weight is 219 g/mol. The number of benzene rings is 1. The molecule has 0 saturated carbocycles. The molecule has 2 rings (SSSR count). The molecule has 0 fully saturated rings. The van der Waals surface area contributed by atoms with Crippen LogP contribution in [0, 0.1) is 10.1 Å². The zero-order chi connectivity index (χ0) is 11.5. The second kappa shape index (κ2) is 4.07. The molecule has 2 N–H and O–H groups in total. The highest BCUT2D eigenvalue weighted by molar-refractivity contribution is 5.51. The summed E-state index contributed by atoms with van der Waals surface area (Å²) in [5.41, 5.74) is 5.81. The summed E-state index contributed by atoms with van der Waals surface area (Å²) in [7, 11) is 0. The first-order chi connectivity index (χ1) is 7.74. The van der Waals surface area contributed by atoms with Crippen LogP contribution in [-0.4, -0.2) is 19.7 Å². The molecular weight excluding hydrogens is 210 g/mol. The van der Waals surface area contributed by atoms with Gasteiger partial charge in [0, 0.05) is 6.07 Å². The Kier molecular flexibility index (Phi) is 2.61. The molecule has 1 aromatic heterocycles. The Hall–Kier alpha value is -2.28. The molecule has 2 aromatic rings. The second-order valence-corrected chi connectivity index (χ2v) is 3.04. The number of hydrogen-bond acceptors (Lipinski definition) is 5. The summed E-state index contributed by atoms with van der Waals surface area (Å²) in [5.74, 6) is 0.481. The molecule has 0 unspecified atom stereocenters. The van der Waals surface area contributed by atoms with Crippen LogP contribution >= 0.6 is 0 Å². The van der Waals surface area contributed by atoms with E-state index < -0.39 is 4.92 Å². The van der Waals surface area contributed by atoms with E-state index >= 15 is 0 Å². The summed E-state index contributed by atoms with van der Waals surface area (Å²) in [4.78, 5) is 14.3. The van der Waals surface area contributed by atoms with Crippen molar-refractivity contribution in [1.29, 1.82) is 0 Å². The number of nitro benzene ring substituents is 1. The number of nitro groups is 1. The van der Waals surface area contributed by atoms with E-state index in [2.05, 4.69) is 10.1 Å². The fourth-order valence-electron chi connectivity index (χ4n) is 1.40. The van der Waals surface area contributed by atoms with E-state index in [0.29, 0.717) is 11.5 Å². The summed E-state index contributed by atoms with van der Waals surface area (Å²) >= 11 is 0. The van der Waals surface area contributed by atoms with E-state index in [4.69, 9.17) is 5.73 Å². The number of aromatic nitrogens is 3. The molecule has 0 aliphatic heterocycles. The number of hydrogen-bond donors (Lipinski definition) is 1. The SMILES string of the molecule is NCc1ncnn1-c1ccccc1[N+](=O)[O-]. The van der Waals surface area contributed by atoms with E-state index in [1.807, 2.05) is 0 Å². The van der Waals surface area contributed by atoms with Crippen LogP contribution in [0.2, 0.25) is 0 Å². The third-order valence-corrected chi connectivity index (χ3v) is 2.11. The Morgan fingerprint density at radius 1 is 1.44 bits per heavy atom. The second-order valence-electron chi connectivity index (χ2n) is 3.04. The normalized spacial score (nSPS) is 10.3. The van der Waals surface area contributed by atoms with Gasteiger partial charge >= 0.3 is 0 Å². The molecule has 0 aliphatic carbocycles. The summed E-state index contributed by atoms with van der Waals surface area (Å²) in [6.07, 6.45) is 1.32. The van der Waals surface area contributed by atoms with Crippen molar-refractivity contribution in [1.82, 2.24) is 14.8 Å². The van der Waals surface area contributed by atoms with Crippen LogP contribution in [0.3, 0.4) is 0 Å². The lowest BCUT2D eigenvalue weighted by Gasteiger charge is -2.04. The van der Waals surface area contributed by atoms with Gasteiger partial charge in [-0.15, -0.1) is 0 Å². The van der Waals surface area contributed by atoms with Crippen LogP contribution in [0.5, 0.6) is 0 Å². The number of para-hydroxylation sites is 2. The third kappa shape index (κ3) is 1.63. The zero-order valence-corrected chi connectivity index (χ0v) is 8.28. The summed E-state index contributed by atoms with van der Waals surface area (Å²) < 4.78 is 1.37. The smallest absolute Gasteiger partial charge is 0.294 e. The minimum Gasteiger partial charge on any atom is -0.324 e. The maximum absolute atomic E-state index is 10.8. The van der Waals surface area contributed by atoms with Crippen LogP contribution in [0.25, 0.3) is 5.69 Å². The maximum Gasteiger partial charge on any atom is 0.294 e. The third-order valence-electron chi connectivity index (χ3n) is 2.11. The van der Waals surface area contributed by atoms with E-state index in [9.17, 15) is 10.1 Å². The fraction of sp³-hybridized carbons (Fsp3) is 0.111. The standard InChI is InChI=1S/C9H9N5O2/c10-5-9-11-6-12-13(9)7-3-1-2-4-8(7)14(15)16/h1-4,6H,5,10H2. The van der Waals surface area contributed by atoms with Gasteiger partial charge in [-0.3, -0.25) is 10.1 Å². The first-order valence-electron chi connectivity index (χ1n) is 4.57. The van der Waals surface area contributed by atoms with Crippen molar-refractivity contribution in [2.45, 2.75) is 6.54 Å². The van der Waals surface area contributed by atoms with Gasteiger partial charge in [-0.25, -0.2) is 9.67 Å². The molecule has 16 heavy (non-hydrogen) atoms. The zero-order valence-electron chi connectivity index (χ0n) is 8.28. The summed E-state index contributed by atoms with van der Waals surface area (Å²) in [6, 6.07) is 6.31. The number of rotatable bonds is 3. The highest BCUT2D eigenvalue weighted by atomic mass is 16.6. The Balaban J connectivity index is 2.60. The summed E-state index contributed by atoms with van der Waals surface area (Å²) in [6.45, 7) is 0.173. The first kappa shape index (κ1) is 10.2. The topological polar surface area (TPSA) is 99.9 Å². The van der Waals surface area contributed by atoms with Crippen molar-refractivity contribution in [3.8, 4) is 5.69 Å². The molecule has 82 valence electrons. The van der Waals surface area contributed by atoms with Crippen molar-refractivity contribution in [2.75, 3.05) is 0 Å². The van der Waals surface area contributed by atoms with E-state index in [0.717, 1.165) is 0 Å². The lowest BCUT2D eigenvalue weighted by Crippen LogP contribution is -2.09. The van der Waals surface area contributed by atoms with Gasteiger partial charge < -0.3 is 5.73 Å².